The minimum Gasteiger partial charge on any atom is -0.351 e. The number of nitrogens with zero attached hydrogens (tertiary/aromatic N) is 2. The smallest absolute Gasteiger partial charge is 0.217 e. The molecule has 0 aromatic heterocycles. The van der Waals surface area contributed by atoms with Crippen LogP contribution in [0.4, 0.5) is 0 Å². The Morgan fingerprint density at radius 2 is 1.35 bits per heavy atom. The van der Waals surface area contributed by atoms with Crippen LogP contribution in [0, 0.1) is 0 Å². The maximum absolute atomic E-state index is 11.2. The van der Waals surface area contributed by atoms with E-state index in [0.29, 0.717) is 0 Å². The minimum atomic E-state index is 0.0732. The number of hydrogen-bond donors (Lipinski definition) is 1. The summed E-state index contributed by atoms with van der Waals surface area (Å²) < 4.78 is 0.997. The van der Waals surface area contributed by atoms with Crippen LogP contribution >= 0.6 is 0 Å². The van der Waals surface area contributed by atoms with Gasteiger partial charge in [0.2, 0.25) is 5.91 Å². The summed E-state index contributed by atoms with van der Waals surface area (Å²) in [7, 11) is 0. The van der Waals surface area contributed by atoms with E-state index >= 15 is 0 Å². The Morgan fingerprint density at radius 1 is 0.853 bits per heavy atom. The predicted octanol–water partition coefficient (Wildman–Crippen LogP) is 7.97. The van der Waals surface area contributed by atoms with Gasteiger partial charge in [-0.15, -0.1) is 0 Å². The van der Waals surface area contributed by atoms with E-state index in [9.17, 15) is 4.79 Å². The summed E-state index contributed by atoms with van der Waals surface area (Å²) in [6.07, 6.45) is 29.4. The molecule has 0 saturated heterocycles. The lowest BCUT2D eigenvalue weighted by Gasteiger charge is -2.33. The molecule has 198 valence electrons. The van der Waals surface area contributed by atoms with Gasteiger partial charge in [0.15, 0.2) is 5.84 Å². The van der Waals surface area contributed by atoms with Crippen LogP contribution in [0.15, 0.2) is 17.1 Å². The molecule has 1 heterocycles. The molecule has 1 unspecified atom stereocenters. The zero-order chi connectivity index (χ0) is 24.7. The first kappa shape index (κ1) is 30.9. The minimum absolute atomic E-state index is 0.0732. The number of carbonyl (C=O) groups is 1. The van der Waals surface area contributed by atoms with Gasteiger partial charge in [-0.2, -0.15) is 0 Å². The van der Waals surface area contributed by atoms with Gasteiger partial charge >= 0.3 is 0 Å². The molecule has 4 nitrogen and oxygen atoms in total. The van der Waals surface area contributed by atoms with Gasteiger partial charge in [-0.1, -0.05) is 102 Å². The number of allylic oxidation sites excluding steroid dienone is 2. The highest BCUT2D eigenvalue weighted by molar-refractivity contribution is 5.77. The van der Waals surface area contributed by atoms with Crippen molar-refractivity contribution in [3.63, 3.8) is 0 Å². The van der Waals surface area contributed by atoms with E-state index in [4.69, 9.17) is 4.99 Å². The molecule has 1 atom stereocenters. The average molecular weight is 477 g/mol. The second-order valence-corrected chi connectivity index (χ2v) is 10.5. The quantitative estimate of drug-likeness (QED) is 0.0906. The van der Waals surface area contributed by atoms with Gasteiger partial charge < -0.3 is 5.32 Å². The fraction of sp³-hybridized carbons (Fsp3) is 0.867. The number of rotatable bonds is 23. The lowest BCUT2D eigenvalue weighted by atomic mass is 10.0. The molecule has 1 N–H and O–H groups in total. The lowest BCUT2D eigenvalue weighted by molar-refractivity contribution is -0.833. The maximum atomic E-state index is 11.2. The van der Waals surface area contributed by atoms with Crippen LogP contribution in [0.1, 0.15) is 136 Å². The molecule has 1 aliphatic heterocycles. The molecule has 1 amide bonds. The van der Waals surface area contributed by atoms with E-state index in [1.54, 1.807) is 6.92 Å². The lowest BCUT2D eigenvalue weighted by Crippen LogP contribution is -2.54. The Morgan fingerprint density at radius 3 is 1.82 bits per heavy atom. The number of amidine groups is 1. The van der Waals surface area contributed by atoms with Crippen LogP contribution in [0.25, 0.3) is 0 Å². The van der Waals surface area contributed by atoms with Crippen molar-refractivity contribution in [2.75, 3.05) is 32.7 Å². The van der Waals surface area contributed by atoms with Crippen LogP contribution in [0.2, 0.25) is 0 Å². The van der Waals surface area contributed by atoms with Crippen molar-refractivity contribution in [1.29, 1.82) is 0 Å². The molecule has 0 aliphatic carbocycles. The van der Waals surface area contributed by atoms with Crippen LogP contribution in [0.3, 0.4) is 0 Å². The van der Waals surface area contributed by atoms with Crippen molar-refractivity contribution in [1.82, 2.24) is 5.32 Å². The Kier molecular flexibility index (Phi) is 19.2. The molecule has 1 rings (SSSR count). The average Bonchev–Trinajstić information content (AvgIpc) is 3.23. The van der Waals surface area contributed by atoms with Crippen molar-refractivity contribution in [2.24, 2.45) is 4.99 Å². The monoisotopic (exact) mass is 476 g/mol. The number of aliphatic imine (C=N–C) groups is 1. The molecule has 0 aromatic carbocycles. The topological polar surface area (TPSA) is 41.5 Å². The van der Waals surface area contributed by atoms with Crippen molar-refractivity contribution in [3.05, 3.63) is 12.2 Å². The molecule has 0 spiro atoms. The summed E-state index contributed by atoms with van der Waals surface area (Å²) in [4.78, 5) is 16.1. The summed E-state index contributed by atoms with van der Waals surface area (Å²) in [5.74, 6) is 1.46. The highest BCUT2D eigenvalue weighted by Crippen LogP contribution is 2.20. The highest BCUT2D eigenvalue weighted by Gasteiger charge is 2.35. The van der Waals surface area contributed by atoms with Crippen LogP contribution in [-0.4, -0.2) is 48.9 Å². The summed E-state index contributed by atoms with van der Waals surface area (Å²) >= 11 is 0. The standard InChI is InChI=1S/C30H57N3O/c1-4-6-7-8-9-10-11-12-13-14-15-16-17-18-19-20-21-22-23-24-30-32-26-28-33(30,5-2)27-25-31-29(3)34/h4,6H,5,7-28H2,1-3H3/p+1/b6-4+. The molecule has 0 radical (unpaired) electrons. The number of carbonyl (C=O) groups excluding carboxylic acids is 1. The number of likely N-dealkylation sites (N-methyl/N-ethyl adjacent to an activating group) is 1. The third kappa shape index (κ3) is 15.0. The summed E-state index contributed by atoms with van der Waals surface area (Å²) in [5.41, 5.74) is 0. The van der Waals surface area contributed by atoms with E-state index in [2.05, 4.69) is 31.3 Å². The fourth-order valence-corrected chi connectivity index (χ4v) is 5.34. The summed E-state index contributed by atoms with van der Waals surface area (Å²) in [5, 5.41) is 2.97. The first-order valence-electron chi connectivity index (χ1n) is 14.9. The zero-order valence-corrected chi connectivity index (χ0v) is 23.2. The first-order chi connectivity index (χ1) is 16.6. The Balaban J connectivity index is 1.89. The van der Waals surface area contributed by atoms with Crippen LogP contribution in [-0.2, 0) is 4.79 Å². The number of nitrogens with one attached hydrogen (secondary N) is 1. The van der Waals surface area contributed by atoms with Gasteiger partial charge in [0.05, 0.1) is 19.6 Å². The molecule has 1 aliphatic rings. The molecule has 0 fully saturated rings. The zero-order valence-electron chi connectivity index (χ0n) is 23.2. The van der Waals surface area contributed by atoms with E-state index in [1.165, 1.54) is 115 Å². The normalized spacial score (nSPS) is 18.0. The largest absolute Gasteiger partial charge is 0.351 e. The first-order valence-corrected chi connectivity index (χ1v) is 14.9. The molecule has 34 heavy (non-hydrogen) atoms. The second-order valence-electron chi connectivity index (χ2n) is 10.5. The van der Waals surface area contributed by atoms with Crippen LogP contribution < -0.4 is 5.32 Å². The van der Waals surface area contributed by atoms with Crippen molar-refractivity contribution < 1.29 is 9.28 Å². The Bertz CT molecular complexity index is 557. The van der Waals surface area contributed by atoms with Crippen molar-refractivity contribution >= 4 is 11.7 Å². The summed E-state index contributed by atoms with van der Waals surface area (Å²) in [6, 6.07) is 0. The van der Waals surface area contributed by atoms with Gasteiger partial charge in [-0.3, -0.25) is 9.28 Å². The molecule has 4 heteroatoms. The third-order valence-electron chi connectivity index (χ3n) is 7.65. The number of unbranched alkanes of at least 4 members (excludes halogenated alkanes) is 16. The van der Waals surface area contributed by atoms with Gasteiger partial charge in [0.1, 0.15) is 13.1 Å². The van der Waals surface area contributed by atoms with E-state index in [1.807, 2.05) is 0 Å². The third-order valence-corrected chi connectivity index (χ3v) is 7.65. The van der Waals surface area contributed by atoms with Crippen molar-refractivity contribution in [3.8, 4) is 0 Å². The van der Waals surface area contributed by atoms with Gasteiger partial charge in [0.25, 0.3) is 0 Å². The number of amides is 1. The van der Waals surface area contributed by atoms with Gasteiger partial charge in [-0.25, -0.2) is 4.99 Å². The van der Waals surface area contributed by atoms with Gasteiger partial charge in [-0.05, 0) is 33.1 Å². The molecule has 0 aromatic rings. The Hall–Kier alpha value is -1.16. The predicted molar refractivity (Wildman–Crippen MR) is 149 cm³/mol. The fourth-order valence-electron chi connectivity index (χ4n) is 5.34. The molecular weight excluding hydrogens is 418 g/mol. The van der Waals surface area contributed by atoms with Crippen LogP contribution in [0.5, 0.6) is 0 Å². The van der Waals surface area contributed by atoms with E-state index in [0.717, 1.165) is 43.6 Å². The van der Waals surface area contributed by atoms with E-state index < -0.39 is 0 Å². The van der Waals surface area contributed by atoms with Gasteiger partial charge in [0, 0.05) is 13.3 Å². The molecule has 0 bridgehead atoms. The Labute approximate surface area is 212 Å². The molecular formula is C30H58N3O+. The van der Waals surface area contributed by atoms with Crippen molar-refractivity contribution in [2.45, 2.75) is 136 Å². The summed E-state index contributed by atoms with van der Waals surface area (Å²) in [6.45, 7) is 10.9. The maximum Gasteiger partial charge on any atom is 0.217 e. The molecule has 0 saturated carbocycles. The highest BCUT2D eigenvalue weighted by atomic mass is 16.1. The second kappa shape index (κ2) is 21.1. The van der Waals surface area contributed by atoms with E-state index in [-0.39, 0.29) is 5.91 Å². The number of hydrogen-bond acceptors (Lipinski definition) is 2. The SMILES string of the molecule is C/C=C/CCCCCCCCCCCCCCCCCCC1=NCC[N+]1(CC)CCNC(C)=O. The number of quaternary nitrogens is 1.